The number of carbonyl (C=O) groups is 1. The molecule has 3 rings (SSSR count). The zero-order valence-electron chi connectivity index (χ0n) is 13.0. The number of para-hydroxylation sites is 1. The van der Waals surface area contributed by atoms with Crippen molar-refractivity contribution >= 4 is 39.0 Å². The quantitative estimate of drug-likeness (QED) is 0.512. The summed E-state index contributed by atoms with van der Waals surface area (Å²) in [6, 6.07) is 13.0. The van der Waals surface area contributed by atoms with Crippen LogP contribution < -0.4 is 10.2 Å². The van der Waals surface area contributed by atoms with Crippen LogP contribution in [0.15, 0.2) is 58.2 Å². The summed E-state index contributed by atoms with van der Waals surface area (Å²) in [4.78, 5) is 15.4. The molecule has 1 heterocycles. The smallest absolute Gasteiger partial charge is 0.275 e. The Kier molecular flexibility index (Phi) is 4.96. The Labute approximate surface area is 147 Å². The number of amides is 1. The van der Waals surface area contributed by atoms with Crippen molar-refractivity contribution in [2.45, 2.75) is 6.92 Å². The topological polar surface area (TPSA) is 66.5 Å². The number of halogens is 1. The molecule has 0 bridgehead atoms. The minimum Gasteiger partial charge on any atom is -0.493 e. The third kappa shape index (κ3) is 3.49. The number of nitrogens with one attached hydrogen (secondary N) is 2. The van der Waals surface area contributed by atoms with Gasteiger partial charge in [0.1, 0.15) is 5.75 Å². The van der Waals surface area contributed by atoms with Gasteiger partial charge in [0.25, 0.3) is 5.91 Å². The first-order valence-corrected chi connectivity index (χ1v) is 8.30. The van der Waals surface area contributed by atoms with Gasteiger partial charge in [-0.2, -0.15) is 5.10 Å². The van der Waals surface area contributed by atoms with E-state index in [4.69, 9.17) is 4.74 Å². The van der Waals surface area contributed by atoms with Gasteiger partial charge in [0, 0.05) is 27.1 Å². The molecular formula is C18H16BrN3O2. The molecule has 0 spiro atoms. The number of H-pyrrole nitrogens is 1. The van der Waals surface area contributed by atoms with Crippen LogP contribution in [0.2, 0.25) is 0 Å². The molecule has 24 heavy (non-hydrogen) atoms. The van der Waals surface area contributed by atoms with Gasteiger partial charge in [0.05, 0.1) is 18.4 Å². The van der Waals surface area contributed by atoms with Crippen LogP contribution in [0.1, 0.15) is 22.8 Å². The minimum absolute atomic E-state index is 0.309. The monoisotopic (exact) mass is 385 g/mol. The van der Waals surface area contributed by atoms with Crippen LogP contribution in [0.25, 0.3) is 10.9 Å². The highest BCUT2D eigenvalue weighted by Gasteiger charge is 2.10. The highest BCUT2D eigenvalue weighted by atomic mass is 79.9. The van der Waals surface area contributed by atoms with Crippen LogP contribution in [0.3, 0.4) is 0 Å². The summed E-state index contributed by atoms with van der Waals surface area (Å²) in [7, 11) is 0. The Morgan fingerprint density at radius 3 is 3.00 bits per heavy atom. The highest BCUT2D eigenvalue weighted by Crippen LogP contribution is 2.21. The first-order valence-electron chi connectivity index (χ1n) is 7.51. The lowest BCUT2D eigenvalue weighted by molar-refractivity contribution is 0.0951. The Morgan fingerprint density at radius 2 is 2.17 bits per heavy atom. The van der Waals surface area contributed by atoms with Gasteiger partial charge in [-0.3, -0.25) is 4.79 Å². The fraction of sp³-hybridized carbons (Fsp3) is 0.111. The molecule has 0 aliphatic carbocycles. The van der Waals surface area contributed by atoms with Gasteiger partial charge in [0.2, 0.25) is 0 Å². The minimum atomic E-state index is -0.309. The Morgan fingerprint density at radius 1 is 1.33 bits per heavy atom. The van der Waals surface area contributed by atoms with E-state index in [1.165, 1.54) is 0 Å². The molecule has 0 aliphatic heterocycles. The number of nitrogens with zero attached hydrogens (tertiary/aromatic N) is 1. The molecule has 2 aromatic carbocycles. The number of hydrazone groups is 1. The van der Waals surface area contributed by atoms with Crippen LogP contribution in [-0.4, -0.2) is 23.7 Å². The van der Waals surface area contributed by atoms with Gasteiger partial charge in [-0.25, -0.2) is 5.43 Å². The molecule has 0 saturated heterocycles. The van der Waals surface area contributed by atoms with Crippen molar-refractivity contribution in [3.8, 4) is 5.75 Å². The highest BCUT2D eigenvalue weighted by molar-refractivity contribution is 9.10. The van der Waals surface area contributed by atoms with Crippen molar-refractivity contribution in [2.24, 2.45) is 5.10 Å². The standard InChI is InChI=1S/C18H16BrN3O2/c1-2-24-17-6-4-3-5-14(17)18(23)22-21-11-12-10-20-16-8-7-13(19)9-15(12)16/h3-11,20H,2H2,1H3,(H,22,23). The normalized spacial score (nSPS) is 11.1. The summed E-state index contributed by atoms with van der Waals surface area (Å²) in [6.45, 7) is 2.37. The van der Waals surface area contributed by atoms with Crippen LogP contribution >= 0.6 is 15.9 Å². The largest absolute Gasteiger partial charge is 0.493 e. The average Bonchev–Trinajstić information content (AvgIpc) is 2.98. The molecule has 5 nitrogen and oxygen atoms in total. The van der Waals surface area contributed by atoms with E-state index >= 15 is 0 Å². The maximum atomic E-state index is 12.3. The molecule has 2 N–H and O–H groups in total. The third-order valence-corrected chi connectivity index (χ3v) is 3.97. The third-order valence-electron chi connectivity index (χ3n) is 3.48. The van der Waals surface area contributed by atoms with E-state index in [1.807, 2.05) is 37.4 Å². The van der Waals surface area contributed by atoms with E-state index in [0.29, 0.717) is 17.9 Å². The van der Waals surface area contributed by atoms with Crippen molar-refractivity contribution in [3.05, 3.63) is 64.3 Å². The molecule has 6 heteroatoms. The second-order valence-corrected chi connectivity index (χ2v) is 5.98. The van der Waals surface area contributed by atoms with E-state index in [0.717, 1.165) is 20.9 Å². The van der Waals surface area contributed by atoms with Gasteiger partial charge in [0.15, 0.2) is 0 Å². The molecule has 1 aromatic heterocycles. The van der Waals surface area contributed by atoms with Gasteiger partial charge in [-0.05, 0) is 37.3 Å². The Bertz CT molecular complexity index is 902. The molecule has 122 valence electrons. The van der Waals surface area contributed by atoms with Crippen molar-refractivity contribution in [1.82, 2.24) is 10.4 Å². The number of ether oxygens (including phenoxy) is 1. The number of aromatic amines is 1. The second kappa shape index (κ2) is 7.31. The lowest BCUT2D eigenvalue weighted by Gasteiger charge is -2.08. The second-order valence-electron chi connectivity index (χ2n) is 5.06. The number of benzene rings is 2. The summed E-state index contributed by atoms with van der Waals surface area (Å²) in [5.41, 5.74) is 4.90. The average molecular weight is 386 g/mol. The molecule has 0 radical (unpaired) electrons. The Balaban J connectivity index is 1.76. The lowest BCUT2D eigenvalue weighted by Crippen LogP contribution is -2.18. The van der Waals surface area contributed by atoms with Gasteiger partial charge >= 0.3 is 0 Å². The fourth-order valence-electron chi connectivity index (χ4n) is 2.38. The zero-order chi connectivity index (χ0) is 16.9. The molecule has 0 saturated carbocycles. The summed E-state index contributed by atoms with van der Waals surface area (Å²) >= 11 is 3.45. The van der Waals surface area contributed by atoms with Crippen LogP contribution in [0.5, 0.6) is 5.75 Å². The number of carbonyl (C=O) groups excluding carboxylic acids is 1. The van der Waals surface area contributed by atoms with E-state index in [2.05, 4.69) is 31.4 Å². The molecule has 1 amide bonds. The van der Waals surface area contributed by atoms with Crippen LogP contribution in [0.4, 0.5) is 0 Å². The molecule has 0 unspecified atom stereocenters. The molecule has 3 aromatic rings. The van der Waals surface area contributed by atoms with E-state index in [1.54, 1.807) is 24.4 Å². The van der Waals surface area contributed by atoms with Gasteiger partial charge in [-0.15, -0.1) is 0 Å². The molecular weight excluding hydrogens is 370 g/mol. The maximum absolute atomic E-state index is 12.3. The first kappa shape index (κ1) is 16.3. The summed E-state index contributed by atoms with van der Waals surface area (Å²) in [6.07, 6.45) is 3.47. The van der Waals surface area contributed by atoms with Crippen molar-refractivity contribution in [2.75, 3.05) is 6.61 Å². The van der Waals surface area contributed by atoms with Crippen LogP contribution in [-0.2, 0) is 0 Å². The zero-order valence-corrected chi connectivity index (χ0v) is 14.6. The predicted octanol–water partition coefficient (Wildman–Crippen LogP) is 4.09. The number of hydrogen-bond donors (Lipinski definition) is 2. The van der Waals surface area contributed by atoms with Crippen molar-refractivity contribution in [1.29, 1.82) is 0 Å². The van der Waals surface area contributed by atoms with Gasteiger partial charge in [-0.1, -0.05) is 28.1 Å². The summed E-state index contributed by atoms with van der Waals surface area (Å²) in [5.74, 6) is 0.236. The SMILES string of the molecule is CCOc1ccccc1C(=O)NN=Cc1c[nH]c2ccc(Br)cc12. The maximum Gasteiger partial charge on any atom is 0.275 e. The van der Waals surface area contributed by atoms with E-state index in [9.17, 15) is 4.79 Å². The number of rotatable bonds is 5. The molecule has 0 fully saturated rings. The van der Waals surface area contributed by atoms with Crippen LogP contribution in [0, 0.1) is 0 Å². The van der Waals surface area contributed by atoms with E-state index < -0.39 is 0 Å². The fourth-order valence-corrected chi connectivity index (χ4v) is 2.74. The first-order chi connectivity index (χ1) is 11.7. The van der Waals surface area contributed by atoms with Crippen molar-refractivity contribution in [3.63, 3.8) is 0 Å². The Hall–Kier alpha value is -2.60. The number of aromatic nitrogens is 1. The van der Waals surface area contributed by atoms with E-state index in [-0.39, 0.29) is 5.91 Å². The summed E-state index contributed by atoms with van der Waals surface area (Å²) < 4.78 is 6.44. The van der Waals surface area contributed by atoms with Gasteiger partial charge < -0.3 is 9.72 Å². The number of fused-ring (bicyclic) bond motifs is 1. The summed E-state index contributed by atoms with van der Waals surface area (Å²) in [5, 5.41) is 5.08. The number of hydrogen-bond acceptors (Lipinski definition) is 3. The molecule has 0 atom stereocenters. The lowest BCUT2D eigenvalue weighted by atomic mass is 10.2. The predicted molar refractivity (Wildman–Crippen MR) is 98.7 cm³/mol. The van der Waals surface area contributed by atoms with Crippen molar-refractivity contribution < 1.29 is 9.53 Å². The molecule has 0 aliphatic rings.